The standard InChI is InChI=1S/C33H33FN4O5S/c34-24-9-4-10-26(19-24)36-32-38(20-27-11-6-18-42-27)31(40)29(44-32)23-13-15-25(16-14-23)35-30(39)28-12-5-17-37(28)33(41)43-21-22-7-2-1-3-8-22/h1-4,7-10,13-16,19,27-29H,5-6,11-12,17-18,20-21H2,(H,35,39)/b36-32-/t27?,28-,29?/m0/s1. The quantitative estimate of drug-likeness (QED) is 0.331. The van der Waals surface area contributed by atoms with E-state index in [2.05, 4.69) is 10.3 Å². The molecule has 3 aromatic carbocycles. The fourth-order valence-electron chi connectivity index (χ4n) is 5.60. The van der Waals surface area contributed by atoms with Crippen molar-refractivity contribution < 1.29 is 28.2 Å². The predicted octanol–water partition coefficient (Wildman–Crippen LogP) is 6.05. The van der Waals surface area contributed by atoms with Gasteiger partial charge in [-0.15, -0.1) is 0 Å². The van der Waals surface area contributed by atoms with Gasteiger partial charge in [0, 0.05) is 18.8 Å². The number of aliphatic imine (C=N–C) groups is 1. The molecule has 228 valence electrons. The number of ether oxygens (including phenoxy) is 2. The van der Waals surface area contributed by atoms with E-state index in [9.17, 15) is 18.8 Å². The highest BCUT2D eigenvalue weighted by molar-refractivity contribution is 8.15. The van der Waals surface area contributed by atoms with Crippen molar-refractivity contribution in [1.82, 2.24) is 9.80 Å². The van der Waals surface area contributed by atoms with Crippen LogP contribution in [-0.2, 0) is 25.7 Å². The van der Waals surface area contributed by atoms with E-state index in [1.807, 2.05) is 30.3 Å². The summed E-state index contributed by atoms with van der Waals surface area (Å²) in [5.74, 6) is -0.802. The molecule has 0 bridgehead atoms. The zero-order valence-corrected chi connectivity index (χ0v) is 24.9. The number of anilines is 1. The molecule has 0 spiro atoms. The lowest BCUT2D eigenvalue weighted by Gasteiger charge is -2.23. The third kappa shape index (κ3) is 6.95. The van der Waals surface area contributed by atoms with Crippen molar-refractivity contribution in [2.45, 2.75) is 49.7 Å². The number of nitrogens with one attached hydrogen (secondary N) is 1. The Bertz CT molecular complexity index is 1530. The van der Waals surface area contributed by atoms with Crippen molar-refractivity contribution in [3.63, 3.8) is 0 Å². The number of hydrogen-bond donors (Lipinski definition) is 1. The summed E-state index contributed by atoms with van der Waals surface area (Å²) >= 11 is 1.31. The maximum Gasteiger partial charge on any atom is 0.410 e. The van der Waals surface area contributed by atoms with Crippen LogP contribution < -0.4 is 5.32 Å². The van der Waals surface area contributed by atoms with Gasteiger partial charge >= 0.3 is 6.09 Å². The number of likely N-dealkylation sites (tertiary alicyclic amines) is 1. The Hall–Kier alpha value is -4.22. The second-order valence-corrected chi connectivity index (χ2v) is 12.0. The molecule has 3 aliphatic heterocycles. The van der Waals surface area contributed by atoms with Gasteiger partial charge in [0.25, 0.3) is 0 Å². The molecule has 3 fully saturated rings. The monoisotopic (exact) mass is 616 g/mol. The van der Waals surface area contributed by atoms with Crippen molar-refractivity contribution in [3.05, 3.63) is 95.8 Å². The summed E-state index contributed by atoms with van der Waals surface area (Å²) in [4.78, 5) is 47.3. The SMILES string of the molecule is O=C(Nc1ccc(C2S/C(=N\c3cccc(F)c3)N(CC3CCCO3)C2=O)cc1)[C@@H]1CCCN1C(=O)OCc1ccccc1. The summed E-state index contributed by atoms with van der Waals surface area (Å²) in [6.07, 6.45) is 2.48. The number of carbonyl (C=O) groups is 3. The molecule has 1 N–H and O–H groups in total. The zero-order chi connectivity index (χ0) is 30.5. The lowest BCUT2D eigenvalue weighted by atomic mass is 10.1. The Labute approximate surface area is 259 Å². The second kappa shape index (κ2) is 13.6. The lowest BCUT2D eigenvalue weighted by Crippen LogP contribution is -2.43. The minimum Gasteiger partial charge on any atom is -0.445 e. The van der Waals surface area contributed by atoms with Crippen LogP contribution in [0.25, 0.3) is 0 Å². The van der Waals surface area contributed by atoms with Crippen molar-refractivity contribution in [1.29, 1.82) is 0 Å². The van der Waals surface area contributed by atoms with Gasteiger partial charge in [0.2, 0.25) is 11.8 Å². The molecule has 0 aromatic heterocycles. The molecule has 44 heavy (non-hydrogen) atoms. The normalized spacial score (nSPS) is 22.5. The van der Waals surface area contributed by atoms with Crippen molar-refractivity contribution in [2.24, 2.45) is 4.99 Å². The van der Waals surface area contributed by atoms with Crippen LogP contribution in [0.1, 0.15) is 42.1 Å². The zero-order valence-electron chi connectivity index (χ0n) is 24.1. The molecule has 3 saturated heterocycles. The number of carbonyl (C=O) groups excluding carboxylic acids is 3. The molecule has 0 saturated carbocycles. The molecule has 0 radical (unpaired) electrons. The number of nitrogens with zero attached hydrogens (tertiary/aromatic N) is 3. The third-order valence-corrected chi connectivity index (χ3v) is 9.10. The number of amidine groups is 1. The average molecular weight is 617 g/mol. The second-order valence-electron chi connectivity index (χ2n) is 11.0. The number of amides is 3. The van der Waals surface area contributed by atoms with Crippen LogP contribution in [0.4, 0.5) is 20.6 Å². The van der Waals surface area contributed by atoms with Crippen LogP contribution in [0.5, 0.6) is 0 Å². The predicted molar refractivity (Wildman–Crippen MR) is 166 cm³/mol. The Morgan fingerprint density at radius 1 is 1.02 bits per heavy atom. The van der Waals surface area contributed by atoms with Crippen LogP contribution in [0.15, 0.2) is 83.9 Å². The molecule has 0 aliphatic carbocycles. The summed E-state index contributed by atoms with van der Waals surface area (Å²) < 4.78 is 25.1. The van der Waals surface area contributed by atoms with Gasteiger partial charge < -0.3 is 14.8 Å². The highest BCUT2D eigenvalue weighted by Crippen LogP contribution is 2.41. The number of benzene rings is 3. The van der Waals surface area contributed by atoms with Gasteiger partial charge in [0.15, 0.2) is 5.17 Å². The fourth-order valence-corrected chi connectivity index (χ4v) is 6.78. The first kappa shape index (κ1) is 29.8. The molecule has 3 aromatic rings. The number of thioether (sulfide) groups is 1. The van der Waals surface area contributed by atoms with Crippen LogP contribution in [0.2, 0.25) is 0 Å². The summed E-state index contributed by atoms with van der Waals surface area (Å²) in [7, 11) is 0. The van der Waals surface area contributed by atoms with Crippen LogP contribution in [0, 0.1) is 5.82 Å². The molecular weight excluding hydrogens is 583 g/mol. The molecule has 2 unspecified atom stereocenters. The molecule has 6 rings (SSSR count). The first-order valence-corrected chi connectivity index (χ1v) is 15.6. The van der Waals surface area contributed by atoms with Gasteiger partial charge in [0.1, 0.15) is 23.7 Å². The lowest BCUT2D eigenvalue weighted by molar-refractivity contribution is -0.127. The van der Waals surface area contributed by atoms with E-state index < -0.39 is 23.2 Å². The van der Waals surface area contributed by atoms with Gasteiger partial charge in [-0.2, -0.15) is 0 Å². The average Bonchev–Trinajstić information content (AvgIpc) is 3.80. The van der Waals surface area contributed by atoms with Crippen molar-refractivity contribution >= 4 is 46.2 Å². The largest absolute Gasteiger partial charge is 0.445 e. The van der Waals surface area contributed by atoms with E-state index in [0.717, 1.165) is 24.0 Å². The van der Waals surface area contributed by atoms with Gasteiger partial charge in [-0.3, -0.25) is 19.4 Å². The summed E-state index contributed by atoms with van der Waals surface area (Å²) in [6, 6.07) is 21.9. The molecule has 9 nitrogen and oxygen atoms in total. The number of rotatable bonds is 8. The van der Waals surface area contributed by atoms with E-state index >= 15 is 0 Å². The van der Waals surface area contributed by atoms with E-state index in [4.69, 9.17) is 9.47 Å². The van der Waals surface area contributed by atoms with Crippen LogP contribution >= 0.6 is 11.8 Å². The highest BCUT2D eigenvalue weighted by Gasteiger charge is 2.41. The Kier molecular flexibility index (Phi) is 9.23. The third-order valence-electron chi connectivity index (χ3n) is 7.86. The number of hydrogen-bond acceptors (Lipinski definition) is 7. The van der Waals surface area contributed by atoms with Gasteiger partial charge in [0.05, 0.1) is 18.3 Å². The topological polar surface area (TPSA) is 101 Å². The van der Waals surface area contributed by atoms with Crippen LogP contribution in [-0.4, -0.2) is 64.7 Å². The molecule has 3 amide bonds. The van der Waals surface area contributed by atoms with Crippen molar-refractivity contribution in [3.8, 4) is 0 Å². The van der Waals surface area contributed by atoms with E-state index in [1.165, 1.54) is 28.8 Å². The van der Waals surface area contributed by atoms with E-state index in [1.54, 1.807) is 41.3 Å². The van der Waals surface area contributed by atoms with Gasteiger partial charge in [-0.05, 0) is 67.1 Å². The first-order chi connectivity index (χ1) is 21.4. The smallest absolute Gasteiger partial charge is 0.410 e. The minimum absolute atomic E-state index is 0.0700. The number of halogens is 1. The Morgan fingerprint density at radius 2 is 1.84 bits per heavy atom. The molecule has 3 aliphatic rings. The molecular formula is C33H33FN4O5S. The molecule has 3 heterocycles. The summed E-state index contributed by atoms with van der Waals surface area (Å²) in [5.41, 5.74) is 2.62. The van der Waals surface area contributed by atoms with E-state index in [0.29, 0.717) is 49.1 Å². The van der Waals surface area contributed by atoms with Gasteiger partial charge in [-0.1, -0.05) is 60.3 Å². The Morgan fingerprint density at radius 3 is 2.59 bits per heavy atom. The van der Waals surface area contributed by atoms with E-state index in [-0.39, 0.29) is 24.5 Å². The maximum absolute atomic E-state index is 13.8. The molecule has 3 atom stereocenters. The van der Waals surface area contributed by atoms with Gasteiger partial charge in [-0.25, -0.2) is 14.2 Å². The Balaban J connectivity index is 1.11. The summed E-state index contributed by atoms with van der Waals surface area (Å²) in [6.45, 7) is 1.65. The fraction of sp³-hybridized carbons (Fsp3) is 0.333. The van der Waals surface area contributed by atoms with Crippen LogP contribution in [0.3, 0.4) is 0 Å². The minimum atomic E-state index is -0.627. The first-order valence-electron chi connectivity index (χ1n) is 14.8. The molecule has 11 heteroatoms. The maximum atomic E-state index is 13.8. The van der Waals surface area contributed by atoms with Crippen molar-refractivity contribution in [2.75, 3.05) is 25.0 Å². The summed E-state index contributed by atoms with van der Waals surface area (Å²) in [5, 5.41) is 2.86. The highest BCUT2D eigenvalue weighted by atomic mass is 32.2.